The predicted octanol–water partition coefficient (Wildman–Crippen LogP) is 4.71. The molecular weight excluding hydrogens is 391 g/mol. The van der Waals surface area contributed by atoms with Gasteiger partial charge < -0.3 is 4.57 Å². The molecule has 31 heavy (non-hydrogen) atoms. The fraction of sp³-hybridized carbons (Fsp3) is 0.250. The van der Waals surface area contributed by atoms with E-state index in [9.17, 15) is 4.39 Å². The van der Waals surface area contributed by atoms with Gasteiger partial charge in [0.05, 0.1) is 29.1 Å². The Bertz CT molecular complexity index is 1270. The molecule has 0 bridgehead atoms. The molecule has 156 valence electrons. The molecule has 0 N–H and O–H groups in total. The number of nitrogens with zero attached hydrogens (tertiary/aromatic N) is 6. The molecular formula is C24H23FN6. The van der Waals surface area contributed by atoms with Gasteiger partial charge in [-0.1, -0.05) is 12.1 Å². The van der Waals surface area contributed by atoms with Crippen molar-refractivity contribution in [2.75, 3.05) is 0 Å². The first-order chi connectivity index (χ1) is 15.1. The lowest BCUT2D eigenvalue weighted by Crippen LogP contribution is -2.18. The number of benzene rings is 1. The predicted molar refractivity (Wildman–Crippen MR) is 117 cm³/mol. The van der Waals surface area contributed by atoms with Gasteiger partial charge in [0.1, 0.15) is 11.6 Å². The molecule has 4 heterocycles. The Morgan fingerprint density at radius 2 is 2.00 bits per heavy atom. The van der Waals surface area contributed by atoms with Gasteiger partial charge in [-0.2, -0.15) is 5.10 Å². The van der Waals surface area contributed by atoms with E-state index in [1.54, 1.807) is 18.5 Å². The number of pyridine rings is 1. The smallest absolute Gasteiger partial charge is 0.174 e. The number of hydrogen-bond acceptors (Lipinski definition) is 4. The fourth-order valence-corrected chi connectivity index (χ4v) is 4.13. The normalized spacial score (nSPS) is 16.0. The number of fused-ring (bicyclic) bond motifs is 1. The summed E-state index contributed by atoms with van der Waals surface area (Å²) in [4.78, 5) is 13.7. The van der Waals surface area contributed by atoms with E-state index in [0.29, 0.717) is 5.82 Å². The van der Waals surface area contributed by atoms with Crippen molar-refractivity contribution < 1.29 is 4.39 Å². The van der Waals surface area contributed by atoms with E-state index >= 15 is 0 Å². The molecule has 5 rings (SSSR count). The average molecular weight is 414 g/mol. The number of rotatable bonds is 4. The standard InChI is InChI=1S/C24H23FN6/c1-16-14-30(15-26-16)22-10-8-20(27-17(22)2)9-11-23-28-24-21(7-4-12-31(24)29-23)18-5-3-6-19(25)13-18/h3,5-6,8-11,13-15,21H,4,7,12H2,1-2H3/b11-9+/t21-/m0/s1. The fourth-order valence-electron chi connectivity index (χ4n) is 4.13. The third kappa shape index (κ3) is 3.91. The molecule has 1 atom stereocenters. The van der Waals surface area contributed by atoms with E-state index < -0.39 is 0 Å². The van der Waals surface area contributed by atoms with Gasteiger partial charge in [-0.05, 0) is 68.7 Å². The van der Waals surface area contributed by atoms with E-state index in [0.717, 1.165) is 53.5 Å². The maximum absolute atomic E-state index is 13.7. The van der Waals surface area contributed by atoms with Crippen LogP contribution in [0.15, 0.2) is 48.9 Å². The van der Waals surface area contributed by atoms with Crippen molar-refractivity contribution in [2.24, 2.45) is 0 Å². The second-order valence-corrected chi connectivity index (χ2v) is 7.90. The molecule has 3 aromatic heterocycles. The van der Waals surface area contributed by atoms with Gasteiger partial charge in [-0.15, -0.1) is 0 Å². The third-order valence-electron chi connectivity index (χ3n) is 5.61. The monoisotopic (exact) mass is 414 g/mol. The Kier molecular flexibility index (Phi) is 4.94. The van der Waals surface area contributed by atoms with E-state index in [1.807, 2.05) is 59.6 Å². The number of halogens is 1. The summed E-state index contributed by atoms with van der Waals surface area (Å²) in [6, 6.07) is 10.8. The molecule has 6 nitrogen and oxygen atoms in total. The summed E-state index contributed by atoms with van der Waals surface area (Å²) in [6.07, 6.45) is 9.53. The van der Waals surface area contributed by atoms with Crippen LogP contribution in [0.25, 0.3) is 17.8 Å². The largest absolute Gasteiger partial charge is 0.304 e. The highest BCUT2D eigenvalue weighted by atomic mass is 19.1. The Morgan fingerprint density at radius 1 is 1.10 bits per heavy atom. The second kappa shape index (κ2) is 7.91. The molecule has 1 aliphatic heterocycles. The maximum Gasteiger partial charge on any atom is 0.174 e. The van der Waals surface area contributed by atoms with Crippen molar-refractivity contribution >= 4 is 12.2 Å². The minimum atomic E-state index is -0.218. The number of aryl methyl sites for hydroxylation is 3. The molecule has 0 unspecified atom stereocenters. The molecule has 0 aliphatic carbocycles. The highest BCUT2D eigenvalue weighted by Crippen LogP contribution is 2.32. The van der Waals surface area contributed by atoms with Crippen LogP contribution in [-0.4, -0.2) is 29.3 Å². The lowest BCUT2D eigenvalue weighted by molar-refractivity contribution is 0.444. The quantitative estimate of drug-likeness (QED) is 0.485. The van der Waals surface area contributed by atoms with Gasteiger partial charge in [0, 0.05) is 18.7 Å². The van der Waals surface area contributed by atoms with E-state index in [4.69, 9.17) is 4.98 Å². The van der Waals surface area contributed by atoms with Crippen LogP contribution in [-0.2, 0) is 6.54 Å². The lowest BCUT2D eigenvalue weighted by atomic mass is 9.91. The number of hydrogen-bond donors (Lipinski definition) is 0. The second-order valence-electron chi connectivity index (χ2n) is 7.90. The summed E-state index contributed by atoms with van der Waals surface area (Å²) in [6.45, 7) is 4.78. The van der Waals surface area contributed by atoms with E-state index in [2.05, 4.69) is 15.1 Å². The van der Waals surface area contributed by atoms with Crippen molar-refractivity contribution in [1.29, 1.82) is 0 Å². The maximum atomic E-state index is 13.7. The summed E-state index contributed by atoms with van der Waals surface area (Å²) in [5.74, 6) is 1.39. The molecule has 1 aliphatic rings. The number of aromatic nitrogens is 6. The first-order valence-electron chi connectivity index (χ1n) is 10.4. The van der Waals surface area contributed by atoms with Gasteiger partial charge in [0.25, 0.3) is 0 Å². The van der Waals surface area contributed by atoms with Crippen LogP contribution >= 0.6 is 0 Å². The third-order valence-corrected chi connectivity index (χ3v) is 5.61. The molecule has 0 spiro atoms. The van der Waals surface area contributed by atoms with Crippen LogP contribution in [0, 0.1) is 19.7 Å². The summed E-state index contributed by atoms with van der Waals surface area (Å²) in [5.41, 5.74) is 4.68. The van der Waals surface area contributed by atoms with Crippen LogP contribution in [0.3, 0.4) is 0 Å². The minimum absolute atomic E-state index is 0.0670. The summed E-state index contributed by atoms with van der Waals surface area (Å²) in [7, 11) is 0. The van der Waals surface area contributed by atoms with Crippen molar-refractivity contribution in [2.45, 2.75) is 39.2 Å². The Labute approximate surface area is 180 Å². The molecule has 7 heteroatoms. The zero-order valence-electron chi connectivity index (χ0n) is 17.5. The molecule has 1 aromatic carbocycles. The molecule has 0 saturated carbocycles. The molecule has 0 radical (unpaired) electrons. The average Bonchev–Trinajstić information content (AvgIpc) is 3.38. The molecule has 0 fully saturated rings. The van der Waals surface area contributed by atoms with Crippen molar-refractivity contribution in [1.82, 2.24) is 29.3 Å². The van der Waals surface area contributed by atoms with Gasteiger partial charge in [0.2, 0.25) is 0 Å². The highest BCUT2D eigenvalue weighted by molar-refractivity contribution is 5.65. The van der Waals surface area contributed by atoms with E-state index in [1.165, 1.54) is 6.07 Å². The van der Waals surface area contributed by atoms with Crippen LogP contribution in [0.2, 0.25) is 0 Å². The Hall–Kier alpha value is -3.61. The molecule has 0 amide bonds. The highest BCUT2D eigenvalue weighted by Gasteiger charge is 2.25. The molecule has 4 aromatic rings. The van der Waals surface area contributed by atoms with Gasteiger partial charge in [-0.25, -0.2) is 19.0 Å². The topological polar surface area (TPSA) is 61.4 Å². The Morgan fingerprint density at radius 3 is 2.77 bits per heavy atom. The van der Waals surface area contributed by atoms with Crippen molar-refractivity contribution in [3.8, 4) is 5.69 Å². The summed E-state index contributed by atoms with van der Waals surface area (Å²) < 4.78 is 17.6. The van der Waals surface area contributed by atoms with Crippen molar-refractivity contribution in [3.63, 3.8) is 0 Å². The van der Waals surface area contributed by atoms with Gasteiger partial charge in [-0.3, -0.25) is 4.98 Å². The van der Waals surface area contributed by atoms with Crippen LogP contribution in [0.5, 0.6) is 0 Å². The van der Waals surface area contributed by atoms with Crippen LogP contribution in [0.4, 0.5) is 4.39 Å². The van der Waals surface area contributed by atoms with Crippen LogP contribution < -0.4 is 0 Å². The van der Waals surface area contributed by atoms with Gasteiger partial charge in [0.15, 0.2) is 5.82 Å². The minimum Gasteiger partial charge on any atom is -0.304 e. The zero-order valence-corrected chi connectivity index (χ0v) is 17.5. The zero-order chi connectivity index (χ0) is 21.4. The SMILES string of the molecule is Cc1cn(-c2ccc(/C=C/c3nc4n(n3)CCC[C@H]4c3cccc(F)c3)nc2C)cn1. The summed E-state index contributed by atoms with van der Waals surface area (Å²) in [5, 5.41) is 4.64. The van der Waals surface area contributed by atoms with E-state index in [-0.39, 0.29) is 11.7 Å². The number of imidazole rings is 1. The van der Waals surface area contributed by atoms with Crippen LogP contribution in [0.1, 0.15) is 53.1 Å². The first-order valence-corrected chi connectivity index (χ1v) is 10.4. The summed E-state index contributed by atoms with van der Waals surface area (Å²) >= 11 is 0. The Balaban J connectivity index is 1.39. The lowest BCUT2D eigenvalue weighted by Gasteiger charge is -2.22. The first kappa shape index (κ1) is 19.4. The van der Waals surface area contributed by atoms with Crippen molar-refractivity contribution in [3.05, 3.63) is 89.0 Å². The molecule has 0 saturated heterocycles. The van der Waals surface area contributed by atoms with Gasteiger partial charge >= 0.3 is 0 Å².